The summed E-state index contributed by atoms with van der Waals surface area (Å²) in [4.78, 5) is 8.26. The van der Waals surface area contributed by atoms with Gasteiger partial charge in [-0.05, 0) is 5.92 Å². The van der Waals surface area contributed by atoms with Gasteiger partial charge in [0.05, 0.1) is 6.54 Å². The van der Waals surface area contributed by atoms with Crippen LogP contribution in [0.5, 0.6) is 0 Å². The highest BCUT2D eigenvalue weighted by molar-refractivity contribution is 7.79. The minimum atomic E-state index is -4.63. The van der Waals surface area contributed by atoms with Crippen LogP contribution in [0.15, 0.2) is 9.98 Å². The van der Waals surface area contributed by atoms with Gasteiger partial charge >= 0.3 is 11.3 Å². The minimum absolute atomic E-state index is 0.0309. The zero-order chi connectivity index (χ0) is 14.4. The molecule has 19 heavy (non-hydrogen) atoms. The molecule has 0 aromatic rings. The summed E-state index contributed by atoms with van der Waals surface area (Å²) >= 11 is 4.93. The van der Waals surface area contributed by atoms with Crippen molar-refractivity contribution in [3.63, 3.8) is 0 Å². The summed E-state index contributed by atoms with van der Waals surface area (Å²) in [6, 6.07) is 0. The molecule has 0 fully saturated rings. The lowest BCUT2D eigenvalue weighted by molar-refractivity contribution is -0.330. The van der Waals surface area contributed by atoms with Crippen molar-refractivity contribution in [3.05, 3.63) is 5.21 Å². The minimum Gasteiger partial charge on any atom is -0.710 e. The van der Waals surface area contributed by atoms with Gasteiger partial charge in [-0.25, -0.2) is 19.6 Å². The Bertz CT molecular complexity index is 509. The molecule has 1 unspecified atom stereocenters. The quantitative estimate of drug-likeness (QED) is 0.441. The molecule has 0 aliphatic carbocycles. The Balaban J connectivity index is 2.39. The first-order valence-electron chi connectivity index (χ1n) is 5.55. The number of rotatable bonds is 2. The maximum Gasteiger partial charge on any atom is 0.451 e. The summed E-state index contributed by atoms with van der Waals surface area (Å²) in [5, 5.41) is 11.5. The maximum absolute atomic E-state index is 12.6. The maximum atomic E-state index is 12.6. The van der Waals surface area contributed by atoms with E-state index >= 15 is 0 Å². The van der Waals surface area contributed by atoms with Crippen molar-refractivity contribution in [1.29, 1.82) is 0 Å². The van der Waals surface area contributed by atoms with E-state index in [0.717, 1.165) is 6.21 Å². The molecule has 2 rings (SSSR count). The fourth-order valence-electron chi connectivity index (χ4n) is 1.83. The van der Waals surface area contributed by atoms with E-state index in [1.54, 1.807) is 0 Å². The molecule has 0 saturated heterocycles. The highest BCUT2D eigenvalue weighted by Crippen LogP contribution is 2.25. The van der Waals surface area contributed by atoms with E-state index < -0.39 is 18.2 Å². The summed E-state index contributed by atoms with van der Waals surface area (Å²) < 4.78 is 38.1. The molecule has 1 atom stereocenters. The Kier molecular flexibility index (Phi) is 3.33. The highest BCUT2D eigenvalue weighted by atomic mass is 32.1. The number of hydroxylamine groups is 1. The predicted molar refractivity (Wildman–Crippen MR) is 68.5 cm³/mol. The molecule has 0 saturated carbocycles. The van der Waals surface area contributed by atoms with Crippen LogP contribution in [0, 0.1) is 11.1 Å². The van der Waals surface area contributed by atoms with Crippen molar-refractivity contribution in [1.82, 2.24) is 4.90 Å². The van der Waals surface area contributed by atoms with Gasteiger partial charge < -0.3 is 5.21 Å². The van der Waals surface area contributed by atoms with Gasteiger partial charge in [0.1, 0.15) is 11.9 Å². The van der Waals surface area contributed by atoms with Crippen LogP contribution >= 0.6 is 12.2 Å². The van der Waals surface area contributed by atoms with E-state index in [1.165, 1.54) is 4.90 Å². The van der Waals surface area contributed by atoms with E-state index in [1.807, 2.05) is 13.8 Å². The van der Waals surface area contributed by atoms with Crippen LogP contribution in [0.25, 0.3) is 0 Å². The smallest absolute Gasteiger partial charge is 0.451 e. The molecule has 2 heterocycles. The first kappa shape index (κ1) is 13.9. The molecule has 104 valence electrons. The molecule has 5 nitrogen and oxygen atoms in total. The van der Waals surface area contributed by atoms with Crippen LogP contribution in [0.1, 0.15) is 13.8 Å². The number of hydrogen-bond donors (Lipinski definition) is 0. The number of amidine groups is 1. The number of nitrogens with zero attached hydrogens (tertiary/aromatic N) is 4. The molecule has 0 radical (unpaired) electrons. The number of fused-ring (bicyclic) bond motifs is 1. The van der Waals surface area contributed by atoms with Crippen molar-refractivity contribution in [2.24, 2.45) is 15.9 Å². The van der Waals surface area contributed by atoms with Gasteiger partial charge in [0, 0.05) is 12.2 Å². The Morgan fingerprint density at radius 2 is 2.16 bits per heavy atom. The Morgan fingerprint density at radius 1 is 1.53 bits per heavy atom. The van der Waals surface area contributed by atoms with Crippen LogP contribution in [0.3, 0.4) is 0 Å². The van der Waals surface area contributed by atoms with Gasteiger partial charge in [-0.2, -0.15) is 13.2 Å². The normalized spacial score (nSPS) is 23.3. The molecule has 0 bridgehead atoms. The average Bonchev–Trinajstić information content (AvgIpc) is 2.67. The Morgan fingerprint density at radius 3 is 2.68 bits per heavy atom. The van der Waals surface area contributed by atoms with Crippen molar-refractivity contribution >= 4 is 35.1 Å². The average molecular weight is 292 g/mol. The topological polar surface area (TPSA) is 54.0 Å². The molecule has 2 aliphatic heterocycles. The third-order valence-electron chi connectivity index (χ3n) is 2.54. The number of alkyl halides is 3. The second-order valence-electron chi connectivity index (χ2n) is 4.64. The molecule has 9 heteroatoms. The molecular formula is C10H11F3N4OS. The van der Waals surface area contributed by atoms with Crippen LogP contribution in [0.2, 0.25) is 0 Å². The first-order valence-corrected chi connectivity index (χ1v) is 5.96. The predicted octanol–water partition coefficient (Wildman–Crippen LogP) is 1.57. The lowest BCUT2D eigenvalue weighted by atomic mass is 10.1. The van der Waals surface area contributed by atoms with Crippen molar-refractivity contribution < 1.29 is 17.9 Å². The van der Waals surface area contributed by atoms with Crippen LogP contribution in [-0.2, 0) is 0 Å². The standard InChI is InChI=1S/C10H11F3N4OS/c1-5(2)3-16-7-6(4-17(18)9(16)19)14-8(15-7)10(11,12)13/h4-5,7H,3H2,1-2H3. The molecule has 0 spiro atoms. The Labute approximate surface area is 112 Å². The molecule has 0 N–H and O–H groups in total. The van der Waals surface area contributed by atoms with Crippen LogP contribution < -0.4 is 0 Å². The van der Waals surface area contributed by atoms with Crippen LogP contribution in [-0.4, -0.2) is 51.4 Å². The molecular weight excluding hydrogens is 281 g/mol. The van der Waals surface area contributed by atoms with Crippen LogP contribution in [0.4, 0.5) is 13.2 Å². The monoisotopic (exact) mass is 292 g/mol. The van der Waals surface area contributed by atoms with Crippen molar-refractivity contribution in [2.45, 2.75) is 26.2 Å². The second-order valence-corrected chi connectivity index (χ2v) is 5.01. The summed E-state index contributed by atoms with van der Waals surface area (Å²) in [6.45, 7) is 4.08. The lowest BCUT2D eigenvalue weighted by Gasteiger charge is -2.29. The summed E-state index contributed by atoms with van der Waals surface area (Å²) in [5.74, 6) is -1.11. The second kappa shape index (κ2) is 4.55. The fraction of sp³-hybridized carbons (Fsp3) is 0.600. The zero-order valence-corrected chi connectivity index (χ0v) is 11.0. The lowest BCUT2D eigenvalue weighted by Crippen LogP contribution is -2.52. The largest absolute Gasteiger partial charge is 0.710 e. The summed E-state index contributed by atoms with van der Waals surface area (Å²) in [7, 11) is 0. The number of aliphatic imine (C=N–C) groups is 2. The number of thiocarbonyl (C=S) groups is 1. The van der Waals surface area contributed by atoms with Gasteiger partial charge in [0.15, 0.2) is 0 Å². The SMILES string of the molecule is CC(C)CN1C(=S)[N+]([O-])=CC2=NC(C(F)(F)F)=NC21. The van der Waals surface area contributed by atoms with Crippen molar-refractivity contribution in [3.8, 4) is 0 Å². The third-order valence-corrected chi connectivity index (χ3v) is 2.95. The van der Waals surface area contributed by atoms with Crippen molar-refractivity contribution in [2.75, 3.05) is 6.54 Å². The summed E-state index contributed by atoms with van der Waals surface area (Å²) in [5.41, 5.74) is -0.0309. The van der Waals surface area contributed by atoms with E-state index in [0.29, 0.717) is 11.3 Å². The number of halogens is 3. The zero-order valence-electron chi connectivity index (χ0n) is 10.2. The van der Waals surface area contributed by atoms with E-state index in [2.05, 4.69) is 9.98 Å². The van der Waals surface area contributed by atoms with E-state index in [9.17, 15) is 18.4 Å². The fourth-order valence-corrected chi connectivity index (χ4v) is 2.06. The molecule has 0 aromatic heterocycles. The highest BCUT2D eigenvalue weighted by Gasteiger charge is 2.47. The van der Waals surface area contributed by atoms with Gasteiger partial charge in [-0.3, -0.25) is 0 Å². The first-order chi connectivity index (χ1) is 8.70. The van der Waals surface area contributed by atoms with Gasteiger partial charge in [-0.15, -0.1) is 0 Å². The molecule has 0 aromatic carbocycles. The third kappa shape index (κ3) is 2.60. The molecule has 2 aliphatic rings. The Hall–Kier alpha value is -1.51. The molecule has 0 amide bonds. The van der Waals surface area contributed by atoms with E-state index in [4.69, 9.17) is 12.2 Å². The number of hydrogen-bond acceptors (Lipinski definition) is 4. The van der Waals surface area contributed by atoms with Gasteiger partial charge in [-0.1, -0.05) is 13.8 Å². The van der Waals surface area contributed by atoms with Gasteiger partial charge in [0.25, 0.3) is 0 Å². The summed E-state index contributed by atoms with van der Waals surface area (Å²) in [6.07, 6.45) is -4.62. The van der Waals surface area contributed by atoms with Gasteiger partial charge in [0.2, 0.25) is 12.0 Å². The van der Waals surface area contributed by atoms with E-state index in [-0.39, 0.29) is 16.7 Å².